The van der Waals surface area contributed by atoms with Crippen LogP contribution in [0.2, 0.25) is 0 Å². The molecular weight excluding hydrogens is 520 g/mol. The number of para-hydroxylation sites is 1. The highest BCUT2D eigenvalue weighted by atomic mass is 79.9. The van der Waals surface area contributed by atoms with Crippen LogP contribution in [0.25, 0.3) is 0 Å². The molecule has 2 aromatic carbocycles. The van der Waals surface area contributed by atoms with Crippen molar-refractivity contribution in [1.29, 1.82) is 0 Å². The standard InChI is InChI=1S/C24H33BrN4O4S/c1-18(23(31)26-24(2,3)4)28(16-19-11-10-12-20(25)15-19)22(30)17-29(34(32,33)27(5)6)21-13-8-7-9-14-21/h7-15,18H,16-17H2,1-6H3,(H,26,31)/t18-/m0/s1. The van der Waals surface area contributed by atoms with Crippen molar-refractivity contribution in [2.75, 3.05) is 24.9 Å². The minimum Gasteiger partial charge on any atom is -0.350 e. The molecule has 186 valence electrons. The quantitative estimate of drug-likeness (QED) is 0.516. The van der Waals surface area contributed by atoms with Crippen LogP contribution in [0.5, 0.6) is 0 Å². The first-order valence-corrected chi connectivity index (χ1v) is 13.0. The molecule has 34 heavy (non-hydrogen) atoms. The summed E-state index contributed by atoms with van der Waals surface area (Å²) in [6.45, 7) is 6.91. The summed E-state index contributed by atoms with van der Waals surface area (Å²) in [5.74, 6) is -0.816. The van der Waals surface area contributed by atoms with Crippen LogP contribution < -0.4 is 9.62 Å². The Morgan fingerprint density at radius 2 is 1.65 bits per heavy atom. The van der Waals surface area contributed by atoms with Crippen molar-refractivity contribution in [2.24, 2.45) is 0 Å². The number of hydrogen-bond donors (Lipinski definition) is 1. The number of hydrogen-bond acceptors (Lipinski definition) is 4. The van der Waals surface area contributed by atoms with Crippen LogP contribution in [-0.2, 0) is 26.3 Å². The summed E-state index contributed by atoms with van der Waals surface area (Å²) >= 11 is 3.43. The molecule has 0 aliphatic carbocycles. The summed E-state index contributed by atoms with van der Waals surface area (Å²) in [7, 11) is -1.14. The van der Waals surface area contributed by atoms with Gasteiger partial charge in [-0.25, -0.2) is 4.31 Å². The van der Waals surface area contributed by atoms with E-state index < -0.39 is 34.2 Å². The van der Waals surface area contributed by atoms with Gasteiger partial charge in [-0.05, 0) is 57.5 Å². The Hall–Kier alpha value is -2.43. The Morgan fingerprint density at radius 1 is 1.03 bits per heavy atom. The fourth-order valence-corrected chi connectivity index (χ4v) is 4.70. The van der Waals surface area contributed by atoms with Crippen LogP contribution in [0.3, 0.4) is 0 Å². The van der Waals surface area contributed by atoms with Crippen molar-refractivity contribution in [3.63, 3.8) is 0 Å². The molecule has 0 aliphatic heterocycles. The van der Waals surface area contributed by atoms with Gasteiger partial charge in [-0.3, -0.25) is 9.59 Å². The lowest BCUT2D eigenvalue weighted by molar-refractivity contribution is -0.140. The van der Waals surface area contributed by atoms with Gasteiger partial charge in [0.1, 0.15) is 12.6 Å². The highest BCUT2D eigenvalue weighted by molar-refractivity contribution is 9.10. The summed E-state index contributed by atoms with van der Waals surface area (Å²) < 4.78 is 29.1. The lowest BCUT2D eigenvalue weighted by Gasteiger charge is -2.34. The second-order valence-electron chi connectivity index (χ2n) is 9.20. The predicted molar refractivity (Wildman–Crippen MR) is 138 cm³/mol. The Kier molecular flexibility index (Phi) is 9.27. The average molecular weight is 554 g/mol. The number of nitrogens with zero attached hydrogens (tertiary/aromatic N) is 3. The average Bonchev–Trinajstić information content (AvgIpc) is 2.74. The first kappa shape index (κ1) is 27.8. The fraction of sp³-hybridized carbons (Fsp3) is 0.417. The first-order chi connectivity index (χ1) is 15.7. The molecule has 0 aliphatic rings. The van der Waals surface area contributed by atoms with Gasteiger partial charge in [-0.2, -0.15) is 12.7 Å². The Morgan fingerprint density at radius 3 is 2.18 bits per heavy atom. The van der Waals surface area contributed by atoms with E-state index in [9.17, 15) is 18.0 Å². The highest BCUT2D eigenvalue weighted by Crippen LogP contribution is 2.21. The van der Waals surface area contributed by atoms with Crippen molar-refractivity contribution < 1.29 is 18.0 Å². The van der Waals surface area contributed by atoms with E-state index in [1.165, 1.54) is 19.0 Å². The van der Waals surface area contributed by atoms with E-state index in [4.69, 9.17) is 0 Å². The monoisotopic (exact) mass is 552 g/mol. The third-order valence-electron chi connectivity index (χ3n) is 4.97. The minimum absolute atomic E-state index is 0.141. The van der Waals surface area contributed by atoms with Gasteiger partial charge in [0.25, 0.3) is 0 Å². The fourth-order valence-electron chi connectivity index (χ4n) is 3.20. The van der Waals surface area contributed by atoms with E-state index in [2.05, 4.69) is 21.2 Å². The molecule has 0 saturated carbocycles. The Balaban J connectivity index is 2.44. The molecule has 10 heteroatoms. The molecule has 1 N–H and O–H groups in total. The molecule has 0 spiro atoms. The van der Waals surface area contributed by atoms with Gasteiger partial charge in [-0.1, -0.05) is 46.3 Å². The van der Waals surface area contributed by atoms with Crippen LogP contribution >= 0.6 is 15.9 Å². The summed E-state index contributed by atoms with van der Waals surface area (Å²) in [4.78, 5) is 28.0. The number of carbonyl (C=O) groups is 2. The van der Waals surface area contributed by atoms with Gasteiger partial charge < -0.3 is 10.2 Å². The van der Waals surface area contributed by atoms with Crippen LogP contribution in [0.1, 0.15) is 33.3 Å². The van der Waals surface area contributed by atoms with Gasteiger partial charge >= 0.3 is 10.2 Å². The molecule has 0 fully saturated rings. The smallest absolute Gasteiger partial charge is 0.304 e. The highest BCUT2D eigenvalue weighted by Gasteiger charge is 2.33. The molecule has 0 aromatic heterocycles. The molecule has 8 nitrogen and oxygen atoms in total. The van der Waals surface area contributed by atoms with Gasteiger partial charge in [0.15, 0.2) is 0 Å². The van der Waals surface area contributed by atoms with Gasteiger partial charge in [0, 0.05) is 30.7 Å². The molecule has 0 heterocycles. The maximum absolute atomic E-state index is 13.6. The number of amides is 2. The molecule has 0 saturated heterocycles. The number of carbonyl (C=O) groups excluding carboxylic acids is 2. The lowest BCUT2D eigenvalue weighted by atomic mass is 10.1. The minimum atomic E-state index is -3.96. The summed E-state index contributed by atoms with van der Waals surface area (Å²) in [5.41, 5.74) is 0.679. The van der Waals surface area contributed by atoms with E-state index in [0.717, 1.165) is 18.6 Å². The van der Waals surface area contributed by atoms with Gasteiger partial charge in [0.05, 0.1) is 5.69 Å². The van der Waals surface area contributed by atoms with Crippen LogP contribution in [-0.4, -0.2) is 61.7 Å². The Labute approximate surface area is 211 Å². The molecular formula is C24H33BrN4O4S. The second-order valence-corrected chi connectivity index (χ2v) is 12.2. The maximum atomic E-state index is 13.6. The van der Waals surface area contributed by atoms with Crippen molar-refractivity contribution in [3.05, 3.63) is 64.6 Å². The summed E-state index contributed by atoms with van der Waals surface area (Å²) in [6.07, 6.45) is 0. The summed E-state index contributed by atoms with van der Waals surface area (Å²) in [5, 5.41) is 2.90. The molecule has 2 aromatic rings. The third-order valence-corrected chi connectivity index (χ3v) is 7.28. The number of halogens is 1. The van der Waals surface area contributed by atoms with E-state index in [0.29, 0.717) is 5.69 Å². The van der Waals surface area contributed by atoms with Crippen LogP contribution in [0.4, 0.5) is 5.69 Å². The third kappa shape index (κ3) is 7.54. The second kappa shape index (κ2) is 11.3. The van der Waals surface area contributed by atoms with E-state index >= 15 is 0 Å². The maximum Gasteiger partial charge on any atom is 0.304 e. The molecule has 2 rings (SSSR count). The van der Waals surface area contributed by atoms with Gasteiger partial charge in [-0.15, -0.1) is 0 Å². The molecule has 0 radical (unpaired) electrons. The predicted octanol–water partition coefficient (Wildman–Crippen LogP) is 3.39. The zero-order valence-electron chi connectivity index (χ0n) is 20.4. The van der Waals surface area contributed by atoms with Crippen LogP contribution in [0.15, 0.2) is 59.1 Å². The topological polar surface area (TPSA) is 90.0 Å². The Bertz CT molecular complexity index is 1100. The van der Waals surface area contributed by atoms with E-state index in [-0.39, 0.29) is 12.5 Å². The molecule has 0 bridgehead atoms. The number of benzene rings is 2. The number of nitrogens with one attached hydrogen (secondary N) is 1. The number of anilines is 1. The zero-order chi connectivity index (χ0) is 25.7. The van der Waals surface area contributed by atoms with Crippen molar-refractivity contribution >= 4 is 43.6 Å². The van der Waals surface area contributed by atoms with Crippen molar-refractivity contribution in [1.82, 2.24) is 14.5 Å². The molecule has 0 unspecified atom stereocenters. The largest absolute Gasteiger partial charge is 0.350 e. The van der Waals surface area contributed by atoms with E-state index in [1.807, 2.05) is 45.0 Å². The normalized spacial score (nSPS) is 12.8. The summed E-state index contributed by atoms with van der Waals surface area (Å²) in [6, 6.07) is 15.0. The van der Waals surface area contributed by atoms with E-state index in [1.54, 1.807) is 37.3 Å². The van der Waals surface area contributed by atoms with Crippen LogP contribution in [0, 0.1) is 0 Å². The number of rotatable bonds is 9. The molecule has 1 atom stereocenters. The zero-order valence-corrected chi connectivity index (χ0v) is 22.9. The van der Waals surface area contributed by atoms with Gasteiger partial charge in [0.2, 0.25) is 11.8 Å². The van der Waals surface area contributed by atoms with Crippen molar-refractivity contribution in [3.8, 4) is 0 Å². The lowest BCUT2D eigenvalue weighted by Crippen LogP contribution is -2.54. The molecule has 2 amide bonds. The first-order valence-electron chi connectivity index (χ1n) is 10.8. The SMILES string of the molecule is C[C@@H](C(=O)NC(C)(C)C)N(Cc1cccc(Br)c1)C(=O)CN(c1ccccc1)S(=O)(=O)N(C)C. The van der Waals surface area contributed by atoms with Crippen molar-refractivity contribution in [2.45, 2.75) is 45.8 Å².